The number of hydrogen-bond donors (Lipinski definition) is 0. The van der Waals surface area contributed by atoms with Crippen LogP contribution in [0, 0.1) is 0 Å². The first-order valence-electron chi connectivity index (χ1n) is 8.80. The number of nitrogens with zero attached hydrogens (tertiary/aromatic N) is 4. The van der Waals surface area contributed by atoms with Gasteiger partial charge in [-0.1, -0.05) is 0 Å². The molecule has 1 fully saturated rings. The van der Waals surface area contributed by atoms with Crippen molar-refractivity contribution in [1.29, 1.82) is 0 Å². The second-order valence-corrected chi connectivity index (χ2v) is 9.72. The highest BCUT2D eigenvalue weighted by atomic mass is 32.2. The molecule has 0 bridgehead atoms. The van der Waals surface area contributed by atoms with E-state index < -0.39 is 10.0 Å². The normalized spacial score (nSPS) is 22.8. The maximum absolute atomic E-state index is 13.4. The van der Waals surface area contributed by atoms with Crippen LogP contribution in [-0.4, -0.2) is 41.9 Å². The van der Waals surface area contributed by atoms with Crippen LogP contribution in [0.4, 0.5) is 5.69 Å². The average Bonchev–Trinajstić information content (AvgIpc) is 3.35. The molecule has 0 saturated carbocycles. The summed E-state index contributed by atoms with van der Waals surface area (Å²) in [5, 5.41) is 8.69. The number of anilines is 1. The Balaban J connectivity index is 1.58. The topological polar surface area (TPSA) is 83.5 Å². The lowest BCUT2D eigenvalue weighted by atomic mass is 10.0. The number of amides is 1. The first-order chi connectivity index (χ1) is 12.6. The van der Waals surface area contributed by atoms with Crippen LogP contribution in [0.25, 0.3) is 0 Å². The zero-order chi connectivity index (χ0) is 17.9. The number of aromatic nitrogens is 2. The van der Waals surface area contributed by atoms with Gasteiger partial charge < -0.3 is 4.90 Å². The molecular formula is C17H18N4O3S2. The van der Waals surface area contributed by atoms with Crippen LogP contribution in [0.1, 0.15) is 41.4 Å². The molecule has 1 atom stereocenters. The lowest BCUT2D eigenvalue weighted by Crippen LogP contribution is -2.32. The fraction of sp³-hybridized carbons (Fsp3) is 0.471. The van der Waals surface area contributed by atoms with Crippen molar-refractivity contribution in [2.75, 3.05) is 18.0 Å². The van der Waals surface area contributed by atoms with Gasteiger partial charge in [-0.15, -0.1) is 21.5 Å². The molecule has 1 saturated heterocycles. The van der Waals surface area contributed by atoms with Gasteiger partial charge in [0.05, 0.1) is 23.0 Å². The Morgan fingerprint density at radius 3 is 2.81 bits per heavy atom. The number of sulfonamides is 1. The molecule has 3 aliphatic rings. The highest BCUT2D eigenvalue weighted by molar-refractivity contribution is 7.89. The van der Waals surface area contributed by atoms with Gasteiger partial charge in [-0.25, -0.2) is 8.42 Å². The van der Waals surface area contributed by atoms with Crippen LogP contribution in [0.15, 0.2) is 22.5 Å². The van der Waals surface area contributed by atoms with E-state index >= 15 is 0 Å². The summed E-state index contributed by atoms with van der Waals surface area (Å²) in [6.07, 6.45) is 3.56. The number of benzene rings is 1. The number of carbonyl (C=O) groups is 1. The van der Waals surface area contributed by atoms with E-state index in [0.717, 1.165) is 54.0 Å². The SMILES string of the molecule is O=C1Cc2cc(S(=O)(=O)N3CCCC3c3nncs3)cc3c2N1CCC3. The Bertz CT molecular complexity index is 988. The van der Waals surface area contributed by atoms with E-state index in [-0.39, 0.29) is 11.9 Å². The Morgan fingerprint density at radius 2 is 2.00 bits per heavy atom. The molecule has 3 aliphatic heterocycles. The first-order valence-corrected chi connectivity index (χ1v) is 11.1. The molecular weight excluding hydrogens is 372 g/mol. The van der Waals surface area contributed by atoms with E-state index in [1.54, 1.807) is 21.9 Å². The summed E-state index contributed by atoms with van der Waals surface area (Å²) in [5.41, 5.74) is 4.41. The highest BCUT2D eigenvalue weighted by Crippen LogP contribution is 2.41. The highest BCUT2D eigenvalue weighted by Gasteiger charge is 2.40. The summed E-state index contributed by atoms with van der Waals surface area (Å²) >= 11 is 1.39. The predicted molar refractivity (Wildman–Crippen MR) is 96.6 cm³/mol. The third-order valence-electron chi connectivity index (χ3n) is 5.45. The molecule has 4 heterocycles. The molecule has 0 aliphatic carbocycles. The molecule has 2 aromatic rings. The van der Waals surface area contributed by atoms with Crippen LogP contribution in [0.5, 0.6) is 0 Å². The minimum atomic E-state index is -3.64. The van der Waals surface area contributed by atoms with Crippen LogP contribution < -0.4 is 4.90 Å². The van der Waals surface area contributed by atoms with Gasteiger partial charge in [0.15, 0.2) is 0 Å². The van der Waals surface area contributed by atoms with Crippen LogP contribution in [0.3, 0.4) is 0 Å². The average molecular weight is 390 g/mol. The smallest absolute Gasteiger partial charge is 0.243 e. The molecule has 1 aromatic carbocycles. The molecule has 1 aromatic heterocycles. The van der Waals surface area contributed by atoms with Crippen molar-refractivity contribution >= 4 is 33.0 Å². The maximum atomic E-state index is 13.4. The van der Waals surface area contributed by atoms with Gasteiger partial charge in [0.1, 0.15) is 10.5 Å². The summed E-state index contributed by atoms with van der Waals surface area (Å²) in [4.78, 5) is 14.3. The van der Waals surface area contributed by atoms with Crippen molar-refractivity contribution in [2.24, 2.45) is 0 Å². The summed E-state index contributed by atoms with van der Waals surface area (Å²) in [7, 11) is -3.64. The molecule has 0 spiro atoms. The number of aryl methyl sites for hydroxylation is 1. The van der Waals surface area contributed by atoms with Gasteiger partial charge in [-0.05, 0) is 48.9 Å². The third-order valence-corrected chi connectivity index (χ3v) is 8.13. The Hall–Kier alpha value is -1.84. The van der Waals surface area contributed by atoms with E-state index in [9.17, 15) is 13.2 Å². The fourth-order valence-electron chi connectivity index (χ4n) is 4.33. The van der Waals surface area contributed by atoms with Gasteiger partial charge in [-0.3, -0.25) is 4.79 Å². The fourth-order valence-corrected chi connectivity index (χ4v) is 6.86. The van der Waals surface area contributed by atoms with Crippen molar-refractivity contribution < 1.29 is 13.2 Å². The minimum absolute atomic E-state index is 0.0726. The summed E-state index contributed by atoms with van der Waals surface area (Å²) in [6, 6.07) is 3.23. The molecule has 5 rings (SSSR count). The second kappa shape index (κ2) is 5.83. The van der Waals surface area contributed by atoms with E-state index in [0.29, 0.717) is 17.9 Å². The van der Waals surface area contributed by atoms with Crippen LogP contribution in [-0.2, 0) is 27.7 Å². The van der Waals surface area contributed by atoms with E-state index in [1.165, 1.54) is 11.3 Å². The van der Waals surface area contributed by atoms with Gasteiger partial charge in [0.2, 0.25) is 15.9 Å². The number of carbonyl (C=O) groups excluding carboxylic acids is 1. The Morgan fingerprint density at radius 1 is 1.15 bits per heavy atom. The van der Waals surface area contributed by atoms with E-state index in [4.69, 9.17) is 0 Å². The molecule has 7 nitrogen and oxygen atoms in total. The van der Waals surface area contributed by atoms with E-state index in [1.807, 2.05) is 4.90 Å². The zero-order valence-corrected chi connectivity index (χ0v) is 15.7. The lowest BCUT2D eigenvalue weighted by molar-refractivity contribution is -0.117. The zero-order valence-electron chi connectivity index (χ0n) is 14.1. The van der Waals surface area contributed by atoms with Crippen LogP contribution in [0.2, 0.25) is 0 Å². The van der Waals surface area contributed by atoms with Gasteiger partial charge in [-0.2, -0.15) is 4.31 Å². The predicted octanol–water partition coefficient (Wildman–Crippen LogP) is 1.90. The van der Waals surface area contributed by atoms with Crippen molar-refractivity contribution in [1.82, 2.24) is 14.5 Å². The Labute approximate surface area is 155 Å². The standard InChI is InChI=1S/C17H18N4O3S2/c22-15-9-12-8-13(7-11-3-1-5-20(15)16(11)12)26(23,24)21-6-2-4-14(21)17-19-18-10-25-17/h7-8,10,14H,1-6,9H2. The summed E-state index contributed by atoms with van der Waals surface area (Å²) < 4.78 is 28.3. The summed E-state index contributed by atoms with van der Waals surface area (Å²) in [5.74, 6) is 0.0726. The third kappa shape index (κ3) is 2.34. The second-order valence-electron chi connectivity index (χ2n) is 6.97. The molecule has 9 heteroatoms. The molecule has 1 unspecified atom stereocenters. The maximum Gasteiger partial charge on any atom is 0.243 e. The van der Waals surface area contributed by atoms with Crippen molar-refractivity contribution in [3.8, 4) is 0 Å². The molecule has 26 heavy (non-hydrogen) atoms. The van der Waals surface area contributed by atoms with Crippen molar-refractivity contribution in [3.63, 3.8) is 0 Å². The number of rotatable bonds is 3. The van der Waals surface area contributed by atoms with Crippen LogP contribution >= 0.6 is 11.3 Å². The monoisotopic (exact) mass is 390 g/mol. The van der Waals surface area contributed by atoms with Gasteiger partial charge >= 0.3 is 0 Å². The minimum Gasteiger partial charge on any atom is -0.312 e. The van der Waals surface area contributed by atoms with Crippen molar-refractivity contribution in [2.45, 2.75) is 43.0 Å². The quantitative estimate of drug-likeness (QED) is 0.799. The van der Waals surface area contributed by atoms with Gasteiger partial charge in [0.25, 0.3) is 0 Å². The van der Waals surface area contributed by atoms with Crippen molar-refractivity contribution in [3.05, 3.63) is 33.8 Å². The summed E-state index contributed by atoms with van der Waals surface area (Å²) in [6.45, 7) is 1.22. The lowest BCUT2D eigenvalue weighted by Gasteiger charge is -2.27. The first kappa shape index (κ1) is 16.3. The molecule has 0 N–H and O–H groups in total. The van der Waals surface area contributed by atoms with E-state index in [2.05, 4.69) is 10.2 Å². The van der Waals surface area contributed by atoms with Gasteiger partial charge in [0, 0.05) is 13.1 Å². The molecule has 1 amide bonds. The largest absolute Gasteiger partial charge is 0.312 e. The molecule has 0 radical (unpaired) electrons. The number of hydrogen-bond acceptors (Lipinski definition) is 6. The molecule has 136 valence electrons. The Kier molecular flexibility index (Phi) is 3.67.